The average molecular weight is 373 g/mol. The van der Waals surface area contributed by atoms with Gasteiger partial charge < -0.3 is 14.9 Å². The number of ether oxygens (including phenoxy) is 1. The van der Waals surface area contributed by atoms with Crippen molar-refractivity contribution in [2.45, 2.75) is 78.2 Å². The van der Waals surface area contributed by atoms with Crippen LogP contribution in [-0.4, -0.2) is 21.8 Å². The number of carbonyl (C=O) groups is 1. The summed E-state index contributed by atoms with van der Waals surface area (Å²) in [5, 5.41) is 20.8. The Balaban J connectivity index is 2.14. The number of fused-ring (bicyclic) bond motifs is 3. The number of carboxylic acid groups (broad SMARTS) is 1. The summed E-state index contributed by atoms with van der Waals surface area (Å²) in [6, 6.07) is 1.87. The van der Waals surface area contributed by atoms with Gasteiger partial charge in [-0.05, 0) is 64.0 Å². The van der Waals surface area contributed by atoms with Crippen LogP contribution in [0.25, 0.3) is 0 Å². The van der Waals surface area contributed by atoms with Crippen LogP contribution in [0.1, 0.15) is 87.7 Å². The van der Waals surface area contributed by atoms with Crippen LogP contribution in [0.4, 0.5) is 0 Å². The molecule has 2 aliphatic rings. The lowest BCUT2D eigenvalue weighted by molar-refractivity contribution is 0.0106. The summed E-state index contributed by atoms with van der Waals surface area (Å²) < 4.78 is 6.33. The van der Waals surface area contributed by atoms with Gasteiger partial charge in [0, 0.05) is 17.4 Å². The molecule has 0 fully saturated rings. The summed E-state index contributed by atoms with van der Waals surface area (Å²) >= 11 is 0. The van der Waals surface area contributed by atoms with E-state index in [1.807, 2.05) is 6.07 Å². The predicted molar refractivity (Wildman–Crippen MR) is 107 cm³/mol. The van der Waals surface area contributed by atoms with Gasteiger partial charge in [-0.25, -0.2) is 4.79 Å². The third-order valence-electron chi connectivity index (χ3n) is 6.55. The number of hydrogen-bond acceptors (Lipinski definition) is 3. The van der Waals surface area contributed by atoms with Crippen LogP contribution in [0.5, 0.6) is 11.5 Å². The van der Waals surface area contributed by atoms with Gasteiger partial charge in [0.05, 0.1) is 0 Å². The fraction of sp³-hybridized carbons (Fsp3) is 0.609. The van der Waals surface area contributed by atoms with E-state index < -0.39 is 5.97 Å². The highest BCUT2D eigenvalue weighted by atomic mass is 16.5. The Hall–Kier alpha value is -1.97. The first-order valence-electron chi connectivity index (χ1n) is 10.1. The third-order valence-corrected chi connectivity index (χ3v) is 6.55. The van der Waals surface area contributed by atoms with E-state index in [9.17, 15) is 15.0 Å². The highest BCUT2D eigenvalue weighted by Crippen LogP contribution is 2.54. The van der Waals surface area contributed by atoms with Crippen molar-refractivity contribution in [3.8, 4) is 11.5 Å². The van der Waals surface area contributed by atoms with E-state index in [0.29, 0.717) is 29.2 Å². The molecule has 1 unspecified atom stereocenters. The van der Waals surface area contributed by atoms with Crippen LogP contribution in [0.2, 0.25) is 0 Å². The Kier molecular flexibility index (Phi) is 5.29. The summed E-state index contributed by atoms with van der Waals surface area (Å²) in [4.78, 5) is 12.0. The summed E-state index contributed by atoms with van der Waals surface area (Å²) in [6.45, 7) is 10.6. The molecule has 0 bridgehead atoms. The van der Waals surface area contributed by atoms with Gasteiger partial charge in [0.15, 0.2) is 0 Å². The van der Waals surface area contributed by atoms with E-state index in [4.69, 9.17) is 4.74 Å². The van der Waals surface area contributed by atoms with Gasteiger partial charge in [0.1, 0.15) is 22.7 Å². The maximum atomic E-state index is 12.0. The summed E-state index contributed by atoms with van der Waals surface area (Å²) in [7, 11) is 0. The highest BCUT2D eigenvalue weighted by Gasteiger charge is 2.46. The predicted octanol–water partition coefficient (Wildman–Crippen LogP) is 5.68. The van der Waals surface area contributed by atoms with Crippen molar-refractivity contribution in [3.05, 3.63) is 34.4 Å². The van der Waals surface area contributed by atoms with Crippen molar-refractivity contribution < 1.29 is 19.7 Å². The van der Waals surface area contributed by atoms with Crippen LogP contribution in [0.15, 0.2) is 17.7 Å². The number of aryl methyl sites for hydroxylation is 1. The molecule has 4 heteroatoms. The molecule has 1 aliphatic heterocycles. The molecule has 0 saturated carbocycles. The Morgan fingerprint density at radius 1 is 1.41 bits per heavy atom. The fourth-order valence-corrected chi connectivity index (χ4v) is 4.65. The monoisotopic (exact) mass is 372 g/mol. The lowest BCUT2D eigenvalue weighted by Crippen LogP contribution is -2.45. The second-order valence-corrected chi connectivity index (χ2v) is 8.92. The van der Waals surface area contributed by atoms with Gasteiger partial charge in [-0.3, -0.25) is 0 Å². The van der Waals surface area contributed by atoms with Crippen LogP contribution in [0.3, 0.4) is 0 Å². The van der Waals surface area contributed by atoms with Gasteiger partial charge in [0.25, 0.3) is 0 Å². The van der Waals surface area contributed by atoms with Crippen molar-refractivity contribution in [1.82, 2.24) is 0 Å². The normalized spacial score (nSPS) is 24.3. The number of phenols is 1. The minimum absolute atomic E-state index is 0.000726. The Morgan fingerprint density at radius 2 is 2.11 bits per heavy atom. The molecule has 3 atom stereocenters. The SMILES string of the molecule is CCC(C)CCc1cc2c(c(O)c1C(=O)O)[C@@H]1C=C(C)CC[C@H]1C(C)(C)O2. The van der Waals surface area contributed by atoms with Crippen molar-refractivity contribution in [3.63, 3.8) is 0 Å². The minimum Gasteiger partial charge on any atom is -0.507 e. The second kappa shape index (κ2) is 7.21. The zero-order chi connectivity index (χ0) is 19.9. The molecule has 4 nitrogen and oxygen atoms in total. The Labute approximate surface area is 162 Å². The summed E-state index contributed by atoms with van der Waals surface area (Å²) in [5.74, 6) is 0.221. The van der Waals surface area contributed by atoms with Gasteiger partial charge >= 0.3 is 5.97 Å². The van der Waals surface area contributed by atoms with E-state index in [-0.39, 0.29) is 28.7 Å². The first-order chi connectivity index (χ1) is 12.7. The molecule has 1 aromatic rings. The first kappa shape index (κ1) is 19.8. The zero-order valence-corrected chi connectivity index (χ0v) is 17.1. The Morgan fingerprint density at radius 3 is 2.74 bits per heavy atom. The smallest absolute Gasteiger partial charge is 0.339 e. The van der Waals surface area contributed by atoms with E-state index in [0.717, 1.165) is 25.7 Å². The second-order valence-electron chi connectivity index (χ2n) is 8.92. The van der Waals surface area contributed by atoms with Crippen molar-refractivity contribution in [2.24, 2.45) is 11.8 Å². The van der Waals surface area contributed by atoms with Crippen LogP contribution < -0.4 is 4.74 Å². The molecule has 1 aliphatic carbocycles. The van der Waals surface area contributed by atoms with Crippen LogP contribution in [-0.2, 0) is 6.42 Å². The van der Waals surface area contributed by atoms with Crippen molar-refractivity contribution in [1.29, 1.82) is 0 Å². The molecule has 1 heterocycles. The minimum atomic E-state index is -1.06. The maximum Gasteiger partial charge on any atom is 0.339 e. The number of aromatic carboxylic acids is 1. The molecule has 0 radical (unpaired) electrons. The molecular formula is C23H32O4. The molecule has 3 rings (SSSR count). The number of allylic oxidation sites excluding steroid dienone is 2. The summed E-state index contributed by atoms with van der Waals surface area (Å²) in [5.41, 5.74) is 2.32. The van der Waals surface area contributed by atoms with E-state index in [2.05, 4.69) is 40.7 Å². The summed E-state index contributed by atoms with van der Waals surface area (Å²) in [6.07, 6.45) is 6.77. The number of aromatic hydroxyl groups is 1. The molecule has 1 aromatic carbocycles. The molecule has 148 valence electrons. The molecule has 2 N–H and O–H groups in total. The van der Waals surface area contributed by atoms with Crippen molar-refractivity contribution >= 4 is 5.97 Å². The van der Waals surface area contributed by atoms with Gasteiger partial charge in [-0.1, -0.05) is 31.9 Å². The van der Waals surface area contributed by atoms with E-state index >= 15 is 0 Å². The molecular weight excluding hydrogens is 340 g/mol. The number of rotatable bonds is 5. The molecule has 0 spiro atoms. The third kappa shape index (κ3) is 3.59. The fourth-order valence-electron chi connectivity index (χ4n) is 4.65. The van der Waals surface area contributed by atoms with Crippen LogP contribution >= 0.6 is 0 Å². The molecule has 0 aromatic heterocycles. The van der Waals surface area contributed by atoms with Gasteiger partial charge in [0.2, 0.25) is 0 Å². The van der Waals surface area contributed by atoms with E-state index in [1.54, 1.807) is 0 Å². The number of hydrogen-bond donors (Lipinski definition) is 2. The van der Waals surface area contributed by atoms with Crippen LogP contribution in [0, 0.1) is 11.8 Å². The topological polar surface area (TPSA) is 66.8 Å². The van der Waals surface area contributed by atoms with Crippen molar-refractivity contribution in [2.75, 3.05) is 0 Å². The lowest BCUT2D eigenvalue weighted by atomic mass is 9.67. The number of carboxylic acids is 1. The Bertz CT molecular complexity index is 775. The molecule has 0 amide bonds. The lowest BCUT2D eigenvalue weighted by Gasteiger charge is -2.46. The highest BCUT2D eigenvalue weighted by molar-refractivity contribution is 5.94. The van der Waals surface area contributed by atoms with Gasteiger partial charge in [-0.15, -0.1) is 0 Å². The maximum absolute atomic E-state index is 12.0. The average Bonchev–Trinajstić information content (AvgIpc) is 2.57. The standard InChI is InChI=1S/C23H32O4/c1-6-13(2)7-9-15-12-18-20(21(24)19(15)22(25)26)16-11-14(3)8-10-17(16)23(4,5)27-18/h11-13,16-17,24H,6-10H2,1-5H3,(H,25,26)/t13?,16-,17-/m1/s1. The largest absolute Gasteiger partial charge is 0.507 e. The first-order valence-corrected chi connectivity index (χ1v) is 10.1. The zero-order valence-electron chi connectivity index (χ0n) is 17.1. The van der Waals surface area contributed by atoms with Gasteiger partial charge in [-0.2, -0.15) is 0 Å². The molecule has 0 saturated heterocycles. The van der Waals surface area contributed by atoms with E-state index in [1.165, 1.54) is 5.57 Å². The number of benzene rings is 1. The quantitative estimate of drug-likeness (QED) is 0.653. The molecule has 27 heavy (non-hydrogen) atoms.